The molecule has 0 aliphatic carbocycles. The molecule has 0 spiro atoms. The van der Waals surface area contributed by atoms with E-state index >= 15 is 0 Å². The van der Waals surface area contributed by atoms with E-state index in [2.05, 4.69) is 36.4 Å². The Labute approximate surface area is 255 Å². The number of fused-ring (bicyclic) bond motifs is 1. The number of hydrogen-bond donors (Lipinski definition) is 2. The molecule has 0 unspecified atom stereocenters. The topological polar surface area (TPSA) is 115 Å². The Morgan fingerprint density at radius 2 is 1.84 bits per heavy atom. The molecule has 2 aromatic carbocycles. The molecule has 0 bridgehead atoms. The number of rotatable bonds is 7. The minimum absolute atomic E-state index is 0.00139. The third kappa shape index (κ3) is 5.11. The van der Waals surface area contributed by atoms with Crippen molar-refractivity contribution in [2.75, 3.05) is 53.5 Å². The monoisotopic (exact) mass is 617 g/mol. The maximum absolute atomic E-state index is 14.0. The van der Waals surface area contributed by atoms with Crippen LogP contribution in [0.15, 0.2) is 54.9 Å². The molecule has 5 heterocycles. The number of nitrogens with zero attached hydrogens (tertiary/aromatic N) is 5. The van der Waals surface area contributed by atoms with Crippen LogP contribution in [0, 0.1) is 18.6 Å². The number of nitrogen functional groups attached to an aromatic ring is 1. The molecular formula is C31H29F2N7O3S. The number of nitrogens with two attached hydrogens (primary N) is 1. The molecule has 2 fully saturated rings. The van der Waals surface area contributed by atoms with Gasteiger partial charge in [0.15, 0.2) is 11.6 Å². The Kier molecular flexibility index (Phi) is 7.34. The van der Waals surface area contributed by atoms with Crippen LogP contribution >= 0.6 is 11.9 Å². The number of aromatic amines is 1. The van der Waals surface area contributed by atoms with Gasteiger partial charge in [-0.05, 0) is 61.2 Å². The number of H-pyrrole nitrogens is 1. The molecule has 0 radical (unpaired) electrons. The van der Waals surface area contributed by atoms with Crippen molar-refractivity contribution >= 4 is 45.8 Å². The van der Waals surface area contributed by atoms with Crippen LogP contribution in [0.1, 0.15) is 28.0 Å². The Hall–Kier alpha value is -4.62. The normalized spacial score (nSPS) is 15.3. The number of benzene rings is 2. The van der Waals surface area contributed by atoms with Crippen LogP contribution in [0.2, 0.25) is 0 Å². The number of carbonyl (C=O) groups is 1. The molecule has 5 aromatic rings. The molecule has 0 atom stereocenters. The van der Waals surface area contributed by atoms with Gasteiger partial charge >= 0.3 is 0 Å². The number of halogens is 2. The zero-order chi connectivity index (χ0) is 30.4. The molecule has 3 N–H and O–H groups in total. The number of anilines is 3. The van der Waals surface area contributed by atoms with E-state index in [0.29, 0.717) is 30.2 Å². The Morgan fingerprint density at radius 1 is 1.05 bits per heavy atom. The molecule has 7 rings (SSSR count). The van der Waals surface area contributed by atoms with Gasteiger partial charge in [0.2, 0.25) is 17.4 Å². The van der Waals surface area contributed by atoms with E-state index in [-0.39, 0.29) is 23.0 Å². The first-order valence-corrected chi connectivity index (χ1v) is 15.2. The van der Waals surface area contributed by atoms with E-state index in [1.54, 1.807) is 6.92 Å². The molecule has 44 heavy (non-hydrogen) atoms. The van der Waals surface area contributed by atoms with Crippen molar-refractivity contribution in [3.05, 3.63) is 83.3 Å². The van der Waals surface area contributed by atoms with Gasteiger partial charge in [0.1, 0.15) is 5.82 Å². The fourth-order valence-electron chi connectivity index (χ4n) is 5.53. The van der Waals surface area contributed by atoms with E-state index in [4.69, 9.17) is 15.2 Å². The van der Waals surface area contributed by atoms with Crippen LogP contribution in [0.25, 0.3) is 16.6 Å². The fourth-order valence-corrected chi connectivity index (χ4v) is 6.55. The number of nitrogens with one attached hydrogen (secondary N) is 1. The molecule has 10 nitrogen and oxygen atoms in total. The molecule has 0 saturated carbocycles. The first-order chi connectivity index (χ1) is 21.4. The van der Waals surface area contributed by atoms with Crippen LogP contribution in [0.3, 0.4) is 0 Å². The number of aryl methyl sites for hydroxylation is 1. The van der Waals surface area contributed by atoms with Crippen molar-refractivity contribution in [3.8, 4) is 17.3 Å². The zero-order valence-corrected chi connectivity index (χ0v) is 24.7. The van der Waals surface area contributed by atoms with Crippen LogP contribution < -0.4 is 19.7 Å². The number of ether oxygens (including phenoxy) is 2. The van der Waals surface area contributed by atoms with E-state index in [1.165, 1.54) is 29.2 Å². The summed E-state index contributed by atoms with van der Waals surface area (Å²) in [6, 6.07) is 11.1. The number of ketones is 1. The highest BCUT2D eigenvalue weighted by Gasteiger charge is 2.25. The van der Waals surface area contributed by atoms with Gasteiger partial charge in [-0.1, -0.05) is 6.07 Å². The summed E-state index contributed by atoms with van der Waals surface area (Å²) in [5, 5.41) is 5.29. The largest absolute Gasteiger partial charge is 0.433 e. The van der Waals surface area contributed by atoms with Gasteiger partial charge < -0.3 is 29.4 Å². The van der Waals surface area contributed by atoms with E-state index < -0.39 is 17.4 Å². The highest BCUT2D eigenvalue weighted by Crippen LogP contribution is 2.40. The second kappa shape index (κ2) is 11.5. The molecular weight excluding hydrogens is 588 g/mol. The fraction of sp³-hybridized carbons (Fsp3) is 0.258. The van der Waals surface area contributed by atoms with Crippen molar-refractivity contribution in [1.82, 2.24) is 19.7 Å². The Morgan fingerprint density at radius 3 is 2.57 bits per heavy atom. The quantitative estimate of drug-likeness (QED) is 0.177. The molecule has 2 saturated heterocycles. The van der Waals surface area contributed by atoms with Crippen LogP contribution in [-0.4, -0.2) is 64.1 Å². The lowest BCUT2D eigenvalue weighted by Crippen LogP contribution is -2.37. The summed E-state index contributed by atoms with van der Waals surface area (Å²) in [6.45, 7) is 5.70. The predicted octanol–water partition coefficient (Wildman–Crippen LogP) is 5.64. The summed E-state index contributed by atoms with van der Waals surface area (Å²) in [7, 11) is 0. The molecule has 3 aromatic heterocycles. The third-order valence-corrected chi connectivity index (χ3v) is 8.96. The smallest absolute Gasteiger partial charge is 0.219 e. The van der Waals surface area contributed by atoms with Gasteiger partial charge in [0.25, 0.3) is 0 Å². The van der Waals surface area contributed by atoms with E-state index in [9.17, 15) is 13.6 Å². The predicted molar refractivity (Wildman–Crippen MR) is 166 cm³/mol. The highest BCUT2D eigenvalue weighted by molar-refractivity contribution is 8.00. The second-order valence-electron chi connectivity index (χ2n) is 10.6. The van der Waals surface area contributed by atoms with Gasteiger partial charge in [0, 0.05) is 42.4 Å². The lowest BCUT2D eigenvalue weighted by Gasteiger charge is -2.32. The third-order valence-electron chi connectivity index (χ3n) is 7.80. The van der Waals surface area contributed by atoms with Crippen LogP contribution in [0.4, 0.5) is 26.0 Å². The van der Waals surface area contributed by atoms with Crippen molar-refractivity contribution in [2.45, 2.75) is 13.3 Å². The minimum atomic E-state index is -0.839. The zero-order valence-electron chi connectivity index (χ0n) is 23.8. The summed E-state index contributed by atoms with van der Waals surface area (Å²) in [4.78, 5) is 23.5. The number of carbonyl (C=O) groups excluding carboxylic acids is 1. The van der Waals surface area contributed by atoms with E-state index in [1.807, 2.05) is 18.0 Å². The number of morpholine rings is 1. The lowest BCUT2D eigenvalue weighted by atomic mass is 10.1. The van der Waals surface area contributed by atoms with Crippen molar-refractivity contribution in [2.24, 2.45) is 0 Å². The minimum Gasteiger partial charge on any atom is -0.433 e. The molecule has 2 aliphatic rings. The first kappa shape index (κ1) is 28.2. The van der Waals surface area contributed by atoms with Crippen molar-refractivity contribution in [3.63, 3.8) is 0 Å². The Balaban J connectivity index is 1.18. The van der Waals surface area contributed by atoms with Crippen LogP contribution in [-0.2, 0) is 4.74 Å². The van der Waals surface area contributed by atoms with Crippen LogP contribution in [0.5, 0.6) is 11.6 Å². The average Bonchev–Trinajstić information content (AvgIpc) is 3.79. The van der Waals surface area contributed by atoms with Gasteiger partial charge in [0.05, 0.1) is 53.9 Å². The van der Waals surface area contributed by atoms with Crippen molar-refractivity contribution < 1.29 is 23.0 Å². The lowest BCUT2D eigenvalue weighted by molar-refractivity contribution is 0.103. The molecule has 226 valence electrons. The van der Waals surface area contributed by atoms with Gasteiger partial charge in [-0.25, -0.2) is 18.4 Å². The molecule has 0 amide bonds. The van der Waals surface area contributed by atoms with Crippen molar-refractivity contribution in [1.29, 1.82) is 0 Å². The maximum Gasteiger partial charge on any atom is 0.219 e. The summed E-state index contributed by atoms with van der Waals surface area (Å²) >= 11 is 1.82. The first-order valence-electron chi connectivity index (χ1n) is 14.2. The Bertz CT molecular complexity index is 1860. The average molecular weight is 618 g/mol. The summed E-state index contributed by atoms with van der Waals surface area (Å²) in [5.41, 5.74) is 11.3. The molecule has 2 aliphatic heterocycles. The summed E-state index contributed by atoms with van der Waals surface area (Å²) in [5.74, 6) is -1.31. The van der Waals surface area contributed by atoms with E-state index in [0.717, 1.165) is 66.2 Å². The maximum atomic E-state index is 14.0. The van der Waals surface area contributed by atoms with Gasteiger partial charge in [-0.3, -0.25) is 4.79 Å². The number of para-hydroxylation sites is 1. The van der Waals surface area contributed by atoms with Gasteiger partial charge in [-0.2, -0.15) is 5.10 Å². The summed E-state index contributed by atoms with van der Waals surface area (Å²) < 4.78 is 42.8. The summed E-state index contributed by atoms with van der Waals surface area (Å²) in [6.07, 6.45) is 3.97. The number of hydrogen-bond acceptors (Lipinski definition) is 9. The molecule has 13 heteroatoms. The van der Waals surface area contributed by atoms with Gasteiger partial charge in [-0.15, -0.1) is 0 Å². The standard InChI is InChI=1S/C31H29F2N7O3S/c1-18-12-28(43-30-21(32)4-2-5-22(30)33)35-17-27(18)40-31(34)20(16-36-40)29(41)24-13-19-14-25(38-7-9-42-10-8-38)26(15-23(19)37-24)39-6-3-11-44-39/h2,4-5,12-17,37H,3,6-11,34H2,1H3. The highest BCUT2D eigenvalue weighted by atomic mass is 32.2. The number of aromatic nitrogens is 4. The second-order valence-corrected chi connectivity index (χ2v) is 11.8. The SMILES string of the molecule is Cc1cc(Oc2c(F)cccc2F)ncc1-n1ncc(C(=O)c2cc3cc(N4CCOCC4)c(N4CCCS4)cc3[nH]2)c1N. The number of pyridine rings is 1.